The molecule has 1 amide bonds. The molecule has 1 aromatic carbocycles. The normalized spacial score (nSPS) is 16.1. The molecule has 1 atom stereocenters. The fourth-order valence-corrected chi connectivity index (χ4v) is 3.60. The average molecular weight is 371 g/mol. The molecule has 0 unspecified atom stereocenters. The third kappa shape index (κ3) is 4.05. The number of nitrogens with one attached hydrogen (secondary N) is 1. The lowest BCUT2D eigenvalue weighted by Crippen LogP contribution is -2.39. The molecular formula is C19H19N2O4S-. The minimum atomic E-state index is -1.14. The summed E-state index contributed by atoms with van der Waals surface area (Å²) in [5.41, 5.74) is 4.90. The van der Waals surface area contributed by atoms with Gasteiger partial charge in [0.05, 0.1) is 12.8 Å². The van der Waals surface area contributed by atoms with Gasteiger partial charge in [-0.3, -0.25) is 10.2 Å². The average Bonchev–Trinajstić information content (AvgIpc) is 3.30. The van der Waals surface area contributed by atoms with Crippen LogP contribution in [0, 0.1) is 0 Å². The molecule has 0 bridgehead atoms. The van der Waals surface area contributed by atoms with Crippen LogP contribution in [0.1, 0.15) is 35.7 Å². The predicted octanol–water partition coefficient (Wildman–Crippen LogP) is 2.11. The van der Waals surface area contributed by atoms with Crippen LogP contribution >= 0.6 is 11.3 Å². The molecule has 3 rings (SSSR count). The Balaban J connectivity index is 1.81. The van der Waals surface area contributed by atoms with Crippen molar-refractivity contribution < 1.29 is 19.4 Å². The molecule has 0 saturated heterocycles. The number of hydrogen-bond acceptors (Lipinski definition) is 6. The molecule has 2 aromatic rings. The van der Waals surface area contributed by atoms with Crippen LogP contribution in [0.15, 0.2) is 47.9 Å². The monoisotopic (exact) mass is 371 g/mol. The number of carboxylic acids is 1. The Morgan fingerprint density at radius 1 is 1.27 bits per heavy atom. The number of aliphatic carboxylic acids is 1. The molecule has 0 aliphatic carbocycles. The first-order valence-electron chi connectivity index (χ1n) is 8.26. The highest BCUT2D eigenvalue weighted by atomic mass is 32.1. The van der Waals surface area contributed by atoms with Gasteiger partial charge < -0.3 is 14.6 Å². The summed E-state index contributed by atoms with van der Waals surface area (Å²) in [4.78, 5) is 24.2. The van der Waals surface area contributed by atoms with Crippen LogP contribution in [0.25, 0.3) is 5.70 Å². The van der Waals surface area contributed by atoms with Gasteiger partial charge in [0.2, 0.25) is 5.91 Å². The molecule has 0 radical (unpaired) electrons. The maximum Gasteiger partial charge on any atom is 0.241 e. The third-order valence-electron chi connectivity index (χ3n) is 4.10. The molecule has 0 fully saturated rings. The maximum atomic E-state index is 12.6. The van der Waals surface area contributed by atoms with Crippen molar-refractivity contribution in [1.82, 2.24) is 10.4 Å². The molecule has 0 saturated carbocycles. The fourth-order valence-electron chi connectivity index (χ4n) is 2.81. The van der Waals surface area contributed by atoms with Gasteiger partial charge in [0.25, 0.3) is 0 Å². The number of ether oxygens (including phenoxy) is 1. The van der Waals surface area contributed by atoms with E-state index in [0.717, 1.165) is 21.9 Å². The molecule has 7 heteroatoms. The molecule has 1 aromatic heterocycles. The lowest BCUT2D eigenvalue weighted by molar-refractivity contribution is -0.305. The zero-order valence-electron chi connectivity index (χ0n) is 14.3. The SMILES string of the molecule is COc1cccc(C2=C[C@@H](c3cccs3)N(C(=O)CCCC(=O)[O-])N2)c1. The number of carbonyl (C=O) groups is 2. The Morgan fingerprint density at radius 3 is 2.81 bits per heavy atom. The van der Waals surface area contributed by atoms with Crippen molar-refractivity contribution in [2.24, 2.45) is 0 Å². The number of carboxylic acid groups (broad SMARTS) is 1. The number of carbonyl (C=O) groups excluding carboxylic acids is 2. The van der Waals surface area contributed by atoms with E-state index in [-0.39, 0.29) is 31.2 Å². The fraction of sp³-hybridized carbons (Fsp3) is 0.263. The number of hydrazine groups is 1. The van der Waals surface area contributed by atoms with Crippen molar-refractivity contribution in [3.63, 3.8) is 0 Å². The topological polar surface area (TPSA) is 81.7 Å². The van der Waals surface area contributed by atoms with Gasteiger partial charge >= 0.3 is 0 Å². The summed E-state index contributed by atoms with van der Waals surface area (Å²) in [7, 11) is 1.61. The number of thiophene rings is 1. The van der Waals surface area contributed by atoms with Gasteiger partial charge in [-0.2, -0.15) is 0 Å². The summed E-state index contributed by atoms with van der Waals surface area (Å²) in [5, 5.41) is 14.1. The van der Waals surface area contributed by atoms with Crippen LogP contribution in [0.2, 0.25) is 0 Å². The quantitative estimate of drug-likeness (QED) is 0.806. The van der Waals surface area contributed by atoms with Crippen LogP contribution in [0.5, 0.6) is 5.75 Å². The van der Waals surface area contributed by atoms with E-state index in [9.17, 15) is 14.7 Å². The zero-order valence-corrected chi connectivity index (χ0v) is 15.1. The van der Waals surface area contributed by atoms with E-state index in [2.05, 4.69) is 5.43 Å². The van der Waals surface area contributed by atoms with Crippen LogP contribution in [0.4, 0.5) is 0 Å². The maximum absolute atomic E-state index is 12.6. The van der Waals surface area contributed by atoms with Gasteiger partial charge in [-0.1, -0.05) is 18.2 Å². The summed E-state index contributed by atoms with van der Waals surface area (Å²) in [6, 6.07) is 11.3. The van der Waals surface area contributed by atoms with Crippen molar-refractivity contribution in [3.8, 4) is 5.75 Å². The second-order valence-corrected chi connectivity index (χ2v) is 6.85. The summed E-state index contributed by atoms with van der Waals surface area (Å²) in [6.45, 7) is 0. The first kappa shape index (κ1) is 18.0. The number of hydrogen-bond donors (Lipinski definition) is 1. The minimum Gasteiger partial charge on any atom is -0.550 e. The molecule has 6 nitrogen and oxygen atoms in total. The highest BCUT2D eigenvalue weighted by molar-refractivity contribution is 7.10. The van der Waals surface area contributed by atoms with Gasteiger partial charge in [0, 0.05) is 22.8 Å². The first-order chi connectivity index (χ1) is 12.6. The molecule has 1 N–H and O–H groups in total. The highest BCUT2D eigenvalue weighted by Gasteiger charge is 2.31. The molecule has 0 spiro atoms. The molecule has 2 heterocycles. The summed E-state index contributed by atoms with van der Waals surface area (Å²) < 4.78 is 5.27. The van der Waals surface area contributed by atoms with Crippen LogP contribution < -0.4 is 15.3 Å². The van der Waals surface area contributed by atoms with E-state index < -0.39 is 5.97 Å². The number of benzene rings is 1. The van der Waals surface area contributed by atoms with Crippen molar-refractivity contribution in [2.45, 2.75) is 25.3 Å². The second-order valence-electron chi connectivity index (χ2n) is 5.87. The molecular weight excluding hydrogens is 352 g/mol. The van der Waals surface area contributed by atoms with Crippen LogP contribution in [0.3, 0.4) is 0 Å². The van der Waals surface area contributed by atoms with E-state index in [1.54, 1.807) is 23.5 Å². The van der Waals surface area contributed by atoms with Gasteiger partial charge in [-0.05, 0) is 42.5 Å². The lowest BCUT2D eigenvalue weighted by atomic mass is 10.1. The smallest absolute Gasteiger partial charge is 0.241 e. The van der Waals surface area contributed by atoms with E-state index >= 15 is 0 Å². The largest absolute Gasteiger partial charge is 0.550 e. The number of amides is 1. The summed E-state index contributed by atoms with van der Waals surface area (Å²) in [5.74, 6) is -0.562. The van der Waals surface area contributed by atoms with Gasteiger partial charge in [-0.25, -0.2) is 5.01 Å². The highest BCUT2D eigenvalue weighted by Crippen LogP contribution is 2.34. The molecule has 26 heavy (non-hydrogen) atoms. The van der Waals surface area contributed by atoms with E-state index in [0.29, 0.717) is 0 Å². The Bertz CT molecular complexity index is 817. The van der Waals surface area contributed by atoms with Crippen molar-refractivity contribution in [1.29, 1.82) is 0 Å². The van der Waals surface area contributed by atoms with E-state index in [1.807, 2.05) is 47.9 Å². The number of rotatable bonds is 7. The zero-order chi connectivity index (χ0) is 18.5. The Labute approximate surface area is 155 Å². The van der Waals surface area contributed by atoms with Gasteiger partial charge in [-0.15, -0.1) is 11.3 Å². The van der Waals surface area contributed by atoms with Crippen molar-refractivity contribution in [2.75, 3.05) is 7.11 Å². The molecule has 1 aliphatic rings. The van der Waals surface area contributed by atoms with Gasteiger partial charge in [0.15, 0.2) is 0 Å². The molecule has 1 aliphatic heterocycles. The van der Waals surface area contributed by atoms with Gasteiger partial charge in [0.1, 0.15) is 11.8 Å². The van der Waals surface area contributed by atoms with E-state index in [1.165, 1.54) is 0 Å². The molecule has 136 valence electrons. The second kappa shape index (κ2) is 8.05. The summed E-state index contributed by atoms with van der Waals surface area (Å²) >= 11 is 1.57. The lowest BCUT2D eigenvalue weighted by Gasteiger charge is -2.24. The minimum absolute atomic E-state index is 0.126. The third-order valence-corrected chi connectivity index (χ3v) is 5.04. The summed E-state index contributed by atoms with van der Waals surface area (Å²) in [6.07, 6.45) is 2.27. The van der Waals surface area contributed by atoms with E-state index in [4.69, 9.17) is 4.74 Å². The first-order valence-corrected chi connectivity index (χ1v) is 9.14. The van der Waals surface area contributed by atoms with Crippen molar-refractivity contribution >= 4 is 28.9 Å². The Kier molecular flexibility index (Phi) is 5.58. The standard InChI is InChI=1S/C19H20N2O4S/c1-25-14-6-2-5-13(11-14)15-12-16(17-7-4-10-26-17)21(20-15)18(22)8-3-9-19(23)24/h2,4-7,10-12,16,20H,3,8-9H2,1H3,(H,23,24)/p-1/t16-/m0/s1. The van der Waals surface area contributed by atoms with Crippen molar-refractivity contribution in [3.05, 3.63) is 58.3 Å². The Morgan fingerprint density at radius 2 is 2.12 bits per heavy atom. The predicted molar refractivity (Wildman–Crippen MR) is 96.9 cm³/mol. The number of methoxy groups -OCH3 is 1. The Hall–Kier alpha value is -2.80. The number of nitrogens with zero attached hydrogens (tertiary/aromatic N) is 1. The van der Waals surface area contributed by atoms with Crippen LogP contribution in [-0.4, -0.2) is 24.0 Å². The van der Waals surface area contributed by atoms with Crippen LogP contribution in [-0.2, 0) is 9.59 Å².